The van der Waals surface area contributed by atoms with E-state index in [1.807, 2.05) is 0 Å². The van der Waals surface area contributed by atoms with Crippen molar-refractivity contribution in [2.24, 2.45) is 11.7 Å². The van der Waals surface area contributed by atoms with Crippen molar-refractivity contribution in [1.82, 2.24) is 4.90 Å². The van der Waals surface area contributed by atoms with Crippen LogP contribution in [0.3, 0.4) is 0 Å². The Labute approximate surface area is 123 Å². The first-order valence-corrected chi connectivity index (χ1v) is 9.42. The Morgan fingerprint density at radius 3 is 2.84 bits per heavy atom. The van der Waals surface area contributed by atoms with Crippen molar-refractivity contribution in [3.63, 3.8) is 0 Å². The van der Waals surface area contributed by atoms with Crippen molar-refractivity contribution in [3.8, 4) is 0 Å². The van der Waals surface area contributed by atoms with Crippen molar-refractivity contribution in [1.29, 1.82) is 0 Å². The molecule has 2 nitrogen and oxygen atoms in total. The van der Waals surface area contributed by atoms with Gasteiger partial charge in [0.25, 0.3) is 0 Å². The van der Waals surface area contributed by atoms with E-state index in [1.165, 1.54) is 63.0 Å². The SMILES string of the molecule is CCCC1CCCC(CN)(N2CCSCC2C)CC1. The second-order valence-corrected chi connectivity index (χ2v) is 7.78. The lowest BCUT2D eigenvalue weighted by molar-refractivity contribution is 0.0521. The van der Waals surface area contributed by atoms with Gasteiger partial charge >= 0.3 is 0 Å². The molecule has 2 aliphatic rings. The van der Waals surface area contributed by atoms with Crippen LogP contribution in [-0.4, -0.2) is 41.1 Å². The second-order valence-electron chi connectivity index (χ2n) is 6.63. The van der Waals surface area contributed by atoms with E-state index in [0.29, 0.717) is 11.6 Å². The summed E-state index contributed by atoms with van der Waals surface area (Å²) in [5.74, 6) is 3.55. The van der Waals surface area contributed by atoms with Gasteiger partial charge in [0.05, 0.1) is 0 Å². The molecule has 3 heteroatoms. The predicted molar refractivity (Wildman–Crippen MR) is 86.8 cm³/mol. The zero-order valence-electron chi connectivity index (χ0n) is 12.9. The van der Waals surface area contributed by atoms with Gasteiger partial charge in [-0.05, 0) is 32.1 Å². The third-order valence-corrected chi connectivity index (χ3v) is 6.52. The molecule has 0 radical (unpaired) electrons. The number of rotatable bonds is 4. The minimum atomic E-state index is 0.322. The van der Waals surface area contributed by atoms with Gasteiger partial charge in [-0.2, -0.15) is 11.8 Å². The van der Waals surface area contributed by atoms with Gasteiger partial charge < -0.3 is 5.73 Å². The second kappa shape index (κ2) is 7.33. The highest BCUT2D eigenvalue weighted by Crippen LogP contribution is 2.38. The molecule has 0 aromatic rings. The average Bonchev–Trinajstić information content (AvgIpc) is 2.63. The predicted octanol–water partition coefficient (Wildman–Crippen LogP) is 3.50. The van der Waals surface area contributed by atoms with Gasteiger partial charge in [0.15, 0.2) is 0 Å². The molecule has 2 fully saturated rings. The smallest absolute Gasteiger partial charge is 0.0335 e. The van der Waals surface area contributed by atoms with Crippen LogP contribution in [0, 0.1) is 5.92 Å². The molecule has 3 unspecified atom stereocenters. The number of hydrogen-bond donors (Lipinski definition) is 1. The van der Waals surface area contributed by atoms with E-state index in [0.717, 1.165) is 12.5 Å². The fraction of sp³-hybridized carbons (Fsp3) is 1.00. The van der Waals surface area contributed by atoms with E-state index in [-0.39, 0.29) is 0 Å². The standard InChI is InChI=1S/C16H32N2S/c1-3-5-15-6-4-8-16(13-17,9-7-15)18-10-11-19-12-14(18)2/h14-15H,3-13,17H2,1-2H3. The van der Waals surface area contributed by atoms with Gasteiger partial charge in [-0.3, -0.25) is 4.90 Å². The Morgan fingerprint density at radius 2 is 2.16 bits per heavy atom. The highest BCUT2D eigenvalue weighted by atomic mass is 32.2. The van der Waals surface area contributed by atoms with Crippen molar-refractivity contribution in [3.05, 3.63) is 0 Å². The normalized spacial score (nSPS) is 38.1. The largest absolute Gasteiger partial charge is 0.329 e. The summed E-state index contributed by atoms with van der Waals surface area (Å²) in [6, 6.07) is 0.713. The van der Waals surface area contributed by atoms with Crippen LogP contribution in [0.5, 0.6) is 0 Å². The lowest BCUT2D eigenvalue weighted by atomic mass is 9.86. The van der Waals surface area contributed by atoms with Crippen molar-refractivity contribution in [2.75, 3.05) is 24.6 Å². The van der Waals surface area contributed by atoms with Crippen molar-refractivity contribution in [2.45, 2.75) is 70.4 Å². The van der Waals surface area contributed by atoms with E-state index in [1.54, 1.807) is 0 Å². The molecule has 0 bridgehead atoms. The van der Waals surface area contributed by atoms with Crippen LogP contribution in [0.1, 0.15) is 58.8 Å². The van der Waals surface area contributed by atoms with Gasteiger partial charge in [-0.15, -0.1) is 0 Å². The van der Waals surface area contributed by atoms with E-state index < -0.39 is 0 Å². The Balaban J connectivity index is 2.04. The van der Waals surface area contributed by atoms with E-state index in [9.17, 15) is 0 Å². The number of nitrogens with two attached hydrogens (primary N) is 1. The summed E-state index contributed by atoms with van der Waals surface area (Å²) >= 11 is 2.11. The quantitative estimate of drug-likeness (QED) is 0.801. The summed E-state index contributed by atoms with van der Waals surface area (Å²) in [6.07, 6.45) is 9.66. The van der Waals surface area contributed by atoms with Gasteiger partial charge in [-0.1, -0.05) is 32.6 Å². The van der Waals surface area contributed by atoms with Gasteiger partial charge in [-0.25, -0.2) is 0 Å². The minimum Gasteiger partial charge on any atom is -0.329 e. The summed E-state index contributed by atoms with van der Waals surface area (Å²) in [5.41, 5.74) is 6.59. The lowest BCUT2D eigenvalue weighted by Crippen LogP contribution is -2.59. The maximum Gasteiger partial charge on any atom is 0.0335 e. The molecule has 1 aliphatic carbocycles. The monoisotopic (exact) mass is 284 g/mol. The fourth-order valence-corrected chi connectivity index (χ4v) is 5.21. The first kappa shape index (κ1) is 15.7. The number of nitrogens with zero attached hydrogens (tertiary/aromatic N) is 1. The van der Waals surface area contributed by atoms with Crippen molar-refractivity contribution < 1.29 is 0 Å². The molecular weight excluding hydrogens is 252 g/mol. The van der Waals surface area contributed by atoms with Gasteiger partial charge in [0, 0.05) is 36.2 Å². The van der Waals surface area contributed by atoms with E-state index >= 15 is 0 Å². The molecule has 3 atom stereocenters. The molecule has 0 aromatic heterocycles. The zero-order valence-corrected chi connectivity index (χ0v) is 13.7. The van der Waals surface area contributed by atoms with Gasteiger partial charge in [0.2, 0.25) is 0 Å². The van der Waals surface area contributed by atoms with Crippen molar-refractivity contribution >= 4 is 11.8 Å². The van der Waals surface area contributed by atoms with Crippen LogP contribution in [0.2, 0.25) is 0 Å². The van der Waals surface area contributed by atoms with Crippen LogP contribution in [0.4, 0.5) is 0 Å². The molecule has 112 valence electrons. The summed E-state index contributed by atoms with van der Waals surface area (Å²) in [7, 11) is 0. The van der Waals surface area contributed by atoms with E-state index in [4.69, 9.17) is 5.73 Å². The lowest BCUT2D eigenvalue weighted by Gasteiger charge is -2.48. The summed E-state index contributed by atoms with van der Waals surface area (Å²) in [6.45, 7) is 6.84. The number of hydrogen-bond acceptors (Lipinski definition) is 3. The van der Waals surface area contributed by atoms with Crippen LogP contribution in [0.15, 0.2) is 0 Å². The Kier molecular flexibility index (Phi) is 6.04. The third-order valence-electron chi connectivity index (χ3n) is 5.33. The molecule has 1 saturated heterocycles. The maximum atomic E-state index is 6.27. The van der Waals surface area contributed by atoms with Crippen LogP contribution >= 0.6 is 11.8 Å². The minimum absolute atomic E-state index is 0.322. The molecule has 19 heavy (non-hydrogen) atoms. The van der Waals surface area contributed by atoms with E-state index in [2.05, 4.69) is 30.5 Å². The van der Waals surface area contributed by atoms with Crippen LogP contribution < -0.4 is 5.73 Å². The Morgan fingerprint density at radius 1 is 1.32 bits per heavy atom. The molecule has 2 N–H and O–H groups in total. The molecule has 1 aliphatic heterocycles. The molecule has 0 aromatic carbocycles. The highest BCUT2D eigenvalue weighted by molar-refractivity contribution is 7.99. The Hall–Kier alpha value is 0.270. The molecule has 2 rings (SSSR count). The first-order chi connectivity index (χ1) is 9.22. The summed E-state index contributed by atoms with van der Waals surface area (Å²) in [4.78, 5) is 2.78. The Bertz CT molecular complexity index is 271. The third kappa shape index (κ3) is 3.68. The van der Waals surface area contributed by atoms with Crippen LogP contribution in [-0.2, 0) is 0 Å². The fourth-order valence-electron chi connectivity index (χ4n) is 4.20. The van der Waals surface area contributed by atoms with Gasteiger partial charge in [0.1, 0.15) is 0 Å². The zero-order chi connectivity index (χ0) is 13.7. The first-order valence-electron chi connectivity index (χ1n) is 8.26. The number of thioether (sulfide) groups is 1. The maximum absolute atomic E-state index is 6.27. The topological polar surface area (TPSA) is 29.3 Å². The summed E-state index contributed by atoms with van der Waals surface area (Å²) in [5, 5.41) is 0. The average molecular weight is 285 g/mol. The highest BCUT2D eigenvalue weighted by Gasteiger charge is 2.40. The molecule has 0 amide bonds. The molecule has 0 spiro atoms. The summed E-state index contributed by atoms with van der Waals surface area (Å²) < 4.78 is 0. The van der Waals surface area contributed by atoms with Crippen LogP contribution in [0.25, 0.3) is 0 Å². The molecule has 1 heterocycles. The molecule has 1 saturated carbocycles. The molecular formula is C16H32N2S.